The number of benzene rings is 2. The highest BCUT2D eigenvalue weighted by Gasteiger charge is 2.09. The van der Waals surface area contributed by atoms with Crippen LogP contribution in [0.15, 0.2) is 67.0 Å². The van der Waals surface area contributed by atoms with Crippen LogP contribution < -0.4 is 10.8 Å². The molecule has 0 radical (unpaired) electrons. The van der Waals surface area contributed by atoms with Crippen LogP contribution in [-0.4, -0.2) is 26.6 Å². The second-order valence-corrected chi connectivity index (χ2v) is 5.74. The van der Waals surface area contributed by atoms with Crippen molar-refractivity contribution >= 4 is 23.6 Å². The normalized spacial score (nSPS) is 10.7. The molecule has 2 amide bonds. The molecule has 2 aromatic carbocycles. The molecule has 0 aliphatic heterocycles. The number of carbonyl (C=O) groups excluding carboxylic acids is 2. The number of imidazole rings is 1. The predicted octanol–water partition coefficient (Wildman–Crippen LogP) is 2.95. The number of amides is 2. The molecule has 7 heteroatoms. The molecule has 0 spiro atoms. The molecule has 136 valence electrons. The Kier molecular flexibility index (Phi) is 5.44. The molecule has 0 saturated heterocycles. The fraction of sp³-hybridized carbons (Fsp3) is 0.0500. The van der Waals surface area contributed by atoms with E-state index < -0.39 is 5.91 Å². The Morgan fingerprint density at radius 3 is 2.52 bits per heavy atom. The number of anilines is 1. The number of nitrogens with one attached hydrogen (secondary N) is 2. The van der Waals surface area contributed by atoms with Crippen molar-refractivity contribution in [1.82, 2.24) is 15.0 Å². The maximum atomic E-state index is 12.6. The summed E-state index contributed by atoms with van der Waals surface area (Å²) in [5.41, 5.74) is 4.14. The summed E-state index contributed by atoms with van der Waals surface area (Å²) < 4.78 is 1.92. The molecule has 0 aliphatic rings. The Bertz CT molecular complexity index is 990. The van der Waals surface area contributed by atoms with Gasteiger partial charge in [0.1, 0.15) is 5.82 Å². The molecule has 0 aliphatic carbocycles. The lowest BCUT2D eigenvalue weighted by molar-refractivity contribution is -0.124. The van der Waals surface area contributed by atoms with E-state index in [9.17, 15) is 9.59 Å². The van der Waals surface area contributed by atoms with Crippen LogP contribution in [0.1, 0.15) is 21.7 Å². The van der Waals surface area contributed by atoms with Gasteiger partial charge < -0.3 is 9.88 Å². The summed E-state index contributed by atoms with van der Waals surface area (Å²) >= 11 is 0. The van der Waals surface area contributed by atoms with Gasteiger partial charge in [0.25, 0.3) is 11.8 Å². The van der Waals surface area contributed by atoms with E-state index in [-0.39, 0.29) is 5.91 Å². The van der Waals surface area contributed by atoms with E-state index in [0.29, 0.717) is 16.8 Å². The van der Waals surface area contributed by atoms with Crippen LogP contribution in [0.4, 0.5) is 5.69 Å². The van der Waals surface area contributed by atoms with E-state index in [2.05, 4.69) is 10.3 Å². The topological polar surface area (TPSA) is 96.2 Å². The average Bonchev–Trinajstić information content (AvgIpc) is 3.13. The van der Waals surface area contributed by atoms with Crippen LogP contribution in [0.25, 0.3) is 11.8 Å². The van der Waals surface area contributed by atoms with Gasteiger partial charge in [-0.05, 0) is 48.9 Å². The van der Waals surface area contributed by atoms with E-state index in [1.807, 2.05) is 29.8 Å². The van der Waals surface area contributed by atoms with Gasteiger partial charge in [-0.3, -0.25) is 14.8 Å². The average molecular weight is 362 g/mol. The first-order chi connectivity index (χ1) is 13.1. The van der Waals surface area contributed by atoms with Crippen LogP contribution in [0.5, 0.6) is 0 Å². The van der Waals surface area contributed by atoms with Gasteiger partial charge in [0.05, 0.1) is 0 Å². The summed E-state index contributed by atoms with van der Waals surface area (Å²) in [6.45, 7) is 1.90. The van der Waals surface area contributed by atoms with Gasteiger partial charge in [0, 0.05) is 35.4 Å². The number of hydrogen-bond acceptors (Lipinski definition) is 4. The molecule has 0 unspecified atom stereocenters. The standard InChI is InChI=1S/C20H18N4O3/c1-14-21-12-13-24(14)17-9-6-16(7-10-17)20(26)22-18-5-3-2-4-15(18)8-11-19(25)23-27/h2-13,27H,1H3,(H,22,26)(H,23,25)/b11-8+. The smallest absolute Gasteiger partial charge is 0.267 e. The third-order valence-electron chi connectivity index (χ3n) is 3.97. The van der Waals surface area contributed by atoms with Crippen molar-refractivity contribution < 1.29 is 14.8 Å². The quantitative estimate of drug-likeness (QED) is 0.369. The Morgan fingerprint density at radius 2 is 1.85 bits per heavy atom. The van der Waals surface area contributed by atoms with Crippen molar-refractivity contribution in [2.75, 3.05) is 5.32 Å². The lowest BCUT2D eigenvalue weighted by Gasteiger charge is -2.10. The molecule has 0 fully saturated rings. The predicted molar refractivity (Wildman–Crippen MR) is 102 cm³/mol. The van der Waals surface area contributed by atoms with E-state index >= 15 is 0 Å². The number of carbonyl (C=O) groups is 2. The second-order valence-electron chi connectivity index (χ2n) is 5.74. The number of aromatic nitrogens is 2. The monoisotopic (exact) mass is 362 g/mol. The van der Waals surface area contributed by atoms with Gasteiger partial charge >= 0.3 is 0 Å². The van der Waals surface area contributed by atoms with Crippen molar-refractivity contribution in [3.8, 4) is 5.69 Å². The fourth-order valence-electron chi connectivity index (χ4n) is 2.58. The highest BCUT2D eigenvalue weighted by Crippen LogP contribution is 2.18. The summed E-state index contributed by atoms with van der Waals surface area (Å²) in [5, 5.41) is 11.4. The Hall–Kier alpha value is -3.71. The number of aryl methyl sites for hydroxylation is 1. The molecule has 0 bridgehead atoms. The summed E-state index contributed by atoms with van der Waals surface area (Å²) in [6.07, 6.45) is 6.26. The van der Waals surface area contributed by atoms with Gasteiger partial charge in [-0.25, -0.2) is 10.5 Å². The van der Waals surface area contributed by atoms with Crippen molar-refractivity contribution in [2.45, 2.75) is 6.92 Å². The van der Waals surface area contributed by atoms with Crippen molar-refractivity contribution in [3.63, 3.8) is 0 Å². The van der Waals surface area contributed by atoms with Crippen LogP contribution in [-0.2, 0) is 4.79 Å². The summed E-state index contributed by atoms with van der Waals surface area (Å²) in [5.74, 6) is -0.0577. The van der Waals surface area contributed by atoms with Crippen LogP contribution in [0.2, 0.25) is 0 Å². The van der Waals surface area contributed by atoms with Gasteiger partial charge in [-0.15, -0.1) is 0 Å². The maximum absolute atomic E-state index is 12.6. The van der Waals surface area contributed by atoms with Gasteiger partial charge in [-0.1, -0.05) is 18.2 Å². The summed E-state index contributed by atoms with van der Waals surface area (Å²) in [6, 6.07) is 14.2. The van der Waals surface area contributed by atoms with Crippen LogP contribution >= 0.6 is 0 Å². The fourth-order valence-corrected chi connectivity index (χ4v) is 2.58. The highest BCUT2D eigenvalue weighted by atomic mass is 16.5. The molecular formula is C20H18N4O3. The van der Waals surface area contributed by atoms with Gasteiger partial charge in [-0.2, -0.15) is 0 Å². The van der Waals surface area contributed by atoms with Crippen molar-refractivity contribution in [1.29, 1.82) is 0 Å². The largest absolute Gasteiger partial charge is 0.321 e. The first kappa shape index (κ1) is 18.1. The van der Waals surface area contributed by atoms with Gasteiger partial charge in [0.15, 0.2) is 0 Å². The molecule has 0 saturated carbocycles. The third-order valence-corrected chi connectivity index (χ3v) is 3.97. The van der Waals surface area contributed by atoms with Gasteiger partial charge in [0.2, 0.25) is 0 Å². The lowest BCUT2D eigenvalue weighted by Crippen LogP contribution is -2.15. The van der Waals surface area contributed by atoms with Crippen molar-refractivity contribution in [2.24, 2.45) is 0 Å². The SMILES string of the molecule is Cc1nccn1-c1ccc(C(=O)Nc2ccccc2/C=C/C(=O)NO)cc1. The molecule has 3 N–H and O–H groups in total. The number of nitrogens with zero attached hydrogens (tertiary/aromatic N) is 2. The number of hydrogen-bond donors (Lipinski definition) is 3. The zero-order valence-corrected chi connectivity index (χ0v) is 14.6. The van der Waals surface area contributed by atoms with E-state index in [4.69, 9.17) is 5.21 Å². The van der Waals surface area contributed by atoms with E-state index in [0.717, 1.165) is 11.5 Å². The molecular weight excluding hydrogens is 344 g/mol. The van der Waals surface area contributed by atoms with E-state index in [1.54, 1.807) is 42.6 Å². The molecule has 27 heavy (non-hydrogen) atoms. The minimum absolute atomic E-state index is 0.267. The molecule has 1 heterocycles. The van der Waals surface area contributed by atoms with Crippen LogP contribution in [0, 0.1) is 6.92 Å². The minimum Gasteiger partial charge on any atom is -0.321 e. The highest BCUT2D eigenvalue weighted by molar-refractivity contribution is 6.05. The number of para-hydroxylation sites is 1. The molecule has 3 aromatic rings. The summed E-state index contributed by atoms with van der Waals surface area (Å²) in [4.78, 5) is 27.9. The summed E-state index contributed by atoms with van der Waals surface area (Å²) in [7, 11) is 0. The first-order valence-electron chi connectivity index (χ1n) is 8.21. The Morgan fingerprint density at radius 1 is 1.11 bits per heavy atom. The molecule has 7 nitrogen and oxygen atoms in total. The molecule has 0 atom stereocenters. The first-order valence-corrected chi connectivity index (χ1v) is 8.21. The zero-order chi connectivity index (χ0) is 19.2. The lowest BCUT2D eigenvalue weighted by atomic mass is 10.1. The van der Waals surface area contributed by atoms with E-state index in [1.165, 1.54) is 17.6 Å². The maximum Gasteiger partial charge on any atom is 0.267 e. The van der Waals surface area contributed by atoms with Crippen molar-refractivity contribution in [3.05, 3.63) is 84.0 Å². The minimum atomic E-state index is -0.651. The molecule has 1 aromatic heterocycles. The van der Waals surface area contributed by atoms with Crippen LogP contribution in [0.3, 0.4) is 0 Å². The molecule has 3 rings (SSSR count). The number of rotatable bonds is 5. The third kappa shape index (κ3) is 4.28. The second kappa shape index (κ2) is 8.11. The Balaban J connectivity index is 1.77. The Labute approximate surface area is 155 Å². The number of hydroxylamine groups is 1. The zero-order valence-electron chi connectivity index (χ0n) is 14.6.